The van der Waals surface area contributed by atoms with Crippen molar-refractivity contribution >= 4 is 23.4 Å². The number of aryl methyl sites for hydroxylation is 1. The third-order valence-electron chi connectivity index (χ3n) is 4.77. The van der Waals surface area contributed by atoms with Gasteiger partial charge in [-0.15, -0.1) is 0 Å². The van der Waals surface area contributed by atoms with Gasteiger partial charge in [0.1, 0.15) is 0 Å². The van der Waals surface area contributed by atoms with Gasteiger partial charge in [-0.1, -0.05) is 11.6 Å². The molecule has 2 fully saturated rings. The number of rotatable bonds is 3. The number of carbonyl (C=O) groups excluding carboxylic acids is 2. The number of nitrogens with zero attached hydrogens (tertiary/aromatic N) is 2. The molecule has 3 rings (SSSR count). The van der Waals surface area contributed by atoms with Crippen LogP contribution in [0, 0.1) is 6.92 Å². The summed E-state index contributed by atoms with van der Waals surface area (Å²) >= 11 is 6.12. The maximum atomic E-state index is 13.0. The van der Waals surface area contributed by atoms with Crippen molar-refractivity contribution in [3.8, 4) is 0 Å². The van der Waals surface area contributed by atoms with Crippen LogP contribution in [0.4, 0.5) is 0 Å². The Balaban J connectivity index is 1.77. The Morgan fingerprint density at radius 1 is 1.09 bits per heavy atom. The van der Waals surface area contributed by atoms with Crippen molar-refractivity contribution in [1.29, 1.82) is 0 Å². The van der Waals surface area contributed by atoms with Crippen LogP contribution in [0.2, 0.25) is 5.02 Å². The average molecular weight is 335 g/mol. The molecule has 1 aliphatic heterocycles. The highest BCUT2D eigenvalue weighted by Crippen LogP contribution is 2.33. The SMILES string of the molecule is CC(=O)N1CCC(N(C(=O)c2cc(C)cc(Cl)c2)C2CC2)CC1. The van der Waals surface area contributed by atoms with Crippen LogP contribution in [-0.2, 0) is 4.79 Å². The fourth-order valence-corrected chi connectivity index (χ4v) is 3.74. The van der Waals surface area contributed by atoms with Crippen molar-refractivity contribution in [2.45, 2.75) is 51.6 Å². The molecule has 1 aromatic carbocycles. The van der Waals surface area contributed by atoms with Gasteiger partial charge in [0.15, 0.2) is 0 Å². The molecule has 4 nitrogen and oxygen atoms in total. The molecule has 0 N–H and O–H groups in total. The summed E-state index contributed by atoms with van der Waals surface area (Å²) in [5.41, 5.74) is 1.68. The maximum absolute atomic E-state index is 13.0. The second-order valence-electron chi connectivity index (χ2n) is 6.70. The number of hydrogen-bond acceptors (Lipinski definition) is 2. The van der Waals surface area contributed by atoms with Crippen molar-refractivity contribution in [3.63, 3.8) is 0 Å². The van der Waals surface area contributed by atoms with Gasteiger partial charge in [-0.05, 0) is 56.4 Å². The Hall–Kier alpha value is -1.55. The van der Waals surface area contributed by atoms with Gasteiger partial charge in [-0.3, -0.25) is 9.59 Å². The van der Waals surface area contributed by atoms with E-state index in [1.807, 2.05) is 24.0 Å². The number of benzene rings is 1. The van der Waals surface area contributed by atoms with E-state index < -0.39 is 0 Å². The molecule has 0 aromatic heterocycles. The first-order valence-corrected chi connectivity index (χ1v) is 8.69. The zero-order valence-corrected chi connectivity index (χ0v) is 14.5. The summed E-state index contributed by atoms with van der Waals surface area (Å²) in [6.45, 7) is 5.05. The highest BCUT2D eigenvalue weighted by Gasteiger charge is 2.39. The smallest absolute Gasteiger partial charge is 0.254 e. The van der Waals surface area contributed by atoms with E-state index in [2.05, 4.69) is 4.90 Å². The Labute approximate surface area is 142 Å². The van der Waals surface area contributed by atoms with Crippen LogP contribution in [0.25, 0.3) is 0 Å². The lowest BCUT2D eigenvalue weighted by atomic mass is 10.0. The highest BCUT2D eigenvalue weighted by molar-refractivity contribution is 6.31. The number of piperidine rings is 1. The van der Waals surface area contributed by atoms with Crippen LogP contribution in [0.5, 0.6) is 0 Å². The molecular weight excluding hydrogens is 312 g/mol. The monoisotopic (exact) mass is 334 g/mol. The molecule has 0 radical (unpaired) electrons. The predicted octanol–water partition coefficient (Wildman–Crippen LogP) is 3.26. The van der Waals surface area contributed by atoms with Crippen molar-refractivity contribution < 1.29 is 9.59 Å². The molecule has 0 unspecified atom stereocenters. The fourth-order valence-electron chi connectivity index (χ4n) is 3.45. The van der Waals surface area contributed by atoms with Crippen molar-refractivity contribution in [3.05, 3.63) is 34.3 Å². The van der Waals surface area contributed by atoms with Crippen molar-refractivity contribution in [2.75, 3.05) is 13.1 Å². The first-order valence-electron chi connectivity index (χ1n) is 8.31. The van der Waals surface area contributed by atoms with Crippen LogP contribution in [0.1, 0.15) is 48.5 Å². The highest BCUT2D eigenvalue weighted by atomic mass is 35.5. The molecule has 1 saturated heterocycles. The first-order chi connectivity index (χ1) is 11.0. The summed E-state index contributed by atoms with van der Waals surface area (Å²) in [4.78, 5) is 28.4. The standard InChI is InChI=1S/C18H23ClN2O2/c1-12-9-14(11-15(19)10-12)18(23)21(16-3-4-16)17-5-7-20(8-6-17)13(2)22/h9-11,16-17H,3-8H2,1-2H3. The van der Waals surface area contributed by atoms with E-state index in [9.17, 15) is 9.59 Å². The molecule has 5 heteroatoms. The van der Waals surface area contributed by atoms with Gasteiger partial charge >= 0.3 is 0 Å². The quantitative estimate of drug-likeness (QED) is 0.851. The number of halogens is 1. The van der Waals surface area contributed by atoms with Crippen LogP contribution in [0.3, 0.4) is 0 Å². The summed E-state index contributed by atoms with van der Waals surface area (Å²) in [6, 6.07) is 6.12. The van der Waals surface area contributed by atoms with Gasteiger partial charge in [0, 0.05) is 42.7 Å². The summed E-state index contributed by atoms with van der Waals surface area (Å²) in [5, 5.41) is 0.607. The van der Waals surface area contributed by atoms with Gasteiger partial charge in [-0.25, -0.2) is 0 Å². The number of amides is 2. The number of likely N-dealkylation sites (tertiary alicyclic amines) is 1. The molecule has 0 bridgehead atoms. The van der Waals surface area contributed by atoms with Gasteiger partial charge < -0.3 is 9.80 Å². The minimum Gasteiger partial charge on any atom is -0.343 e. The normalized spacial score (nSPS) is 18.8. The second kappa shape index (κ2) is 6.52. The summed E-state index contributed by atoms with van der Waals surface area (Å²) in [7, 11) is 0. The van der Waals surface area contributed by atoms with Gasteiger partial charge in [0.25, 0.3) is 5.91 Å². The summed E-state index contributed by atoms with van der Waals surface area (Å²) in [5.74, 6) is 0.206. The second-order valence-corrected chi connectivity index (χ2v) is 7.13. The molecule has 124 valence electrons. The van der Waals surface area contributed by atoms with E-state index in [1.54, 1.807) is 13.0 Å². The molecule has 1 saturated carbocycles. The molecule has 23 heavy (non-hydrogen) atoms. The molecular formula is C18H23ClN2O2. The van der Waals surface area contributed by atoms with E-state index >= 15 is 0 Å². The molecule has 2 amide bonds. The van der Waals surface area contributed by atoms with Crippen molar-refractivity contribution in [1.82, 2.24) is 9.80 Å². The minimum atomic E-state index is 0.0828. The van der Waals surface area contributed by atoms with Crippen LogP contribution < -0.4 is 0 Å². The Bertz CT molecular complexity index is 599. The lowest BCUT2D eigenvalue weighted by Gasteiger charge is -2.38. The van der Waals surface area contributed by atoms with Crippen molar-refractivity contribution in [2.24, 2.45) is 0 Å². The third kappa shape index (κ3) is 3.69. The van der Waals surface area contributed by atoms with Crippen LogP contribution in [0.15, 0.2) is 18.2 Å². The van der Waals surface area contributed by atoms with Gasteiger partial charge in [0.05, 0.1) is 0 Å². The molecule has 2 aliphatic rings. The average Bonchev–Trinajstić information content (AvgIpc) is 3.31. The van der Waals surface area contributed by atoms with E-state index in [4.69, 9.17) is 11.6 Å². The summed E-state index contributed by atoms with van der Waals surface area (Å²) in [6.07, 6.45) is 3.89. The van der Waals surface area contributed by atoms with E-state index in [0.29, 0.717) is 16.6 Å². The van der Waals surface area contributed by atoms with E-state index in [0.717, 1.165) is 44.3 Å². The van der Waals surface area contributed by atoms with Crippen LogP contribution in [-0.4, -0.2) is 46.8 Å². The lowest BCUT2D eigenvalue weighted by Crippen LogP contribution is -2.49. The topological polar surface area (TPSA) is 40.6 Å². The Morgan fingerprint density at radius 2 is 1.70 bits per heavy atom. The molecule has 1 aliphatic carbocycles. The zero-order valence-electron chi connectivity index (χ0n) is 13.7. The largest absolute Gasteiger partial charge is 0.343 e. The Morgan fingerprint density at radius 3 is 2.22 bits per heavy atom. The molecule has 1 aromatic rings. The zero-order chi connectivity index (χ0) is 16.6. The minimum absolute atomic E-state index is 0.0828. The van der Waals surface area contributed by atoms with Gasteiger partial charge in [0.2, 0.25) is 5.91 Å². The summed E-state index contributed by atoms with van der Waals surface area (Å²) < 4.78 is 0. The molecule has 1 heterocycles. The van der Waals surface area contributed by atoms with E-state index in [1.165, 1.54) is 0 Å². The fraction of sp³-hybridized carbons (Fsp3) is 0.556. The Kier molecular flexibility index (Phi) is 4.62. The van der Waals surface area contributed by atoms with Crippen LogP contribution >= 0.6 is 11.6 Å². The predicted molar refractivity (Wildman–Crippen MR) is 90.7 cm³/mol. The molecule has 0 atom stereocenters. The third-order valence-corrected chi connectivity index (χ3v) is 4.99. The van der Waals surface area contributed by atoms with Gasteiger partial charge in [-0.2, -0.15) is 0 Å². The first kappa shape index (κ1) is 16.3. The molecule has 0 spiro atoms. The van der Waals surface area contributed by atoms with E-state index in [-0.39, 0.29) is 17.9 Å². The lowest BCUT2D eigenvalue weighted by molar-refractivity contribution is -0.130. The number of carbonyl (C=O) groups is 2. The number of hydrogen-bond donors (Lipinski definition) is 0. The maximum Gasteiger partial charge on any atom is 0.254 e.